The molecule has 0 bridgehead atoms. The molecule has 1 aliphatic heterocycles. The standard InChI is InChI=1S/C26H26F3N3O6/c1-16(33)37-20-21(36-14-18-10-6-3-7-11-18)26(24(28)29,15-35-13-17-8-4-2-5-9-17)38-23(20)32-12-19(27)22(30)31-25(32)34/h2-12,20-21,23-24H,13-15H2,1H3,(H2,30,31,34)/t20-,21+,23-,26-/m1/s1. The Hall–Kier alpha value is -3.74. The van der Waals surface area contributed by atoms with Gasteiger partial charge in [0.25, 0.3) is 6.43 Å². The molecule has 1 aliphatic rings. The smallest absolute Gasteiger partial charge is 0.351 e. The zero-order chi connectivity index (χ0) is 27.3. The Kier molecular flexibility index (Phi) is 8.45. The number of carbonyl (C=O) groups is 1. The van der Waals surface area contributed by atoms with Gasteiger partial charge in [-0.1, -0.05) is 60.7 Å². The average molecular weight is 534 g/mol. The van der Waals surface area contributed by atoms with Crippen molar-refractivity contribution in [3.05, 3.63) is 94.3 Å². The van der Waals surface area contributed by atoms with Crippen molar-refractivity contribution in [3.8, 4) is 0 Å². The van der Waals surface area contributed by atoms with E-state index in [1.807, 2.05) is 0 Å². The number of aromatic nitrogens is 2. The van der Waals surface area contributed by atoms with E-state index >= 15 is 0 Å². The van der Waals surface area contributed by atoms with Crippen molar-refractivity contribution in [1.29, 1.82) is 0 Å². The van der Waals surface area contributed by atoms with Crippen molar-refractivity contribution in [1.82, 2.24) is 9.55 Å². The first kappa shape index (κ1) is 27.3. The molecule has 0 unspecified atom stereocenters. The van der Waals surface area contributed by atoms with Gasteiger partial charge in [-0.3, -0.25) is 9.36 Å². The number of rotatable bonds is 10. The van der Waals surface area contributed by atoms with Crippen LogP contribution in [0.3, 0.4) is 0 Å². The van der Waals surface area contributed by atoms with E-state index in [1.54, 1.807) is 60.7 Å². The van der Waals surface area contributed by atoms with E-state index in [9.17, 15) is 22.8 Å². The van der Waals surface area contributed by atoms with Gasteiger partial charge in [0.15, 0.2) is 29.6 Å². The number of anilines is 1. The first-order valence-electron chi connectivity index (χ1n) is 11.7. The summed E-state index contributed by atoms with van der Waals surface area (Å²) in [5, 5.41) is 0. The third kappa shape index (κ3) is 5.87. The molecule has 4 rings (SSSR count). The van der Waals surface area contributed by atoms with Crippen LogP contribution in [-0.4, -0.2) is 46.4 Å². The number of carbonyl (C=O) groups excluding carboxylic acids is 1. The van der Waals surface area contributed by atoms with Crippen molar-refractivity contribution >= 4 is 11.8 Å². The predicted molar refractivity (Wildman–Crippen MR) is 128 cm³/mol. The SMILES string of the molecule is CC(=O)O[C@H]1[C@H](n2cc(F)c(N)nc2=O)O[C@@](COCc2ccccc2)(C(F)F)[C@H]1OCc1ccccc1. The zero-order valence-corrected chi connectivity index (χ0v) is 20.3. The fourth-order valence-electron chi connectivity index (χ4n) is 4.21. The van der Waals surface area contributed by atoms with Gasteiger partial charge in [0.05, 0.1) is 26.0 Å². The van der Waals surface area contributed by atoms with Crippen LogP contribution in [0.25, 0.3) is 0 Å². The number of hydrogen-bond donors (Lipinski definition) is 1. The molecule has 1 aromatic heterocycles. The van der Waals surface area contributed by atoms with Crippen LogP contribution in [0.4, 0.5) is 19.0 Å². The summed E-state index contributed by atoms with van der Waals surface area (Å²) >= 11 is 0. The lowest BCUT2D eigenvalue weighted by Gasteiger charge is -2.33. The number of hydrogen-bond acceptors (Lipinski definition) is 8. The lowest BCUT2D eigenvalue weighted by atomic mass is 9.95. The second-order valence-corrected chi connectivity index (χ2v) is 8.70. The molecule has 0 amide bonds. The Morgan fingerprint density at radius 2 is 1.71 bits per heavy atom. The van der Waals surface area contributed by atoms with E-state index in [4.69, 9.17) is 24.7 Å². The molecule has 2 N–H and O–H groups in total. The number of esters is 1. The maximum absolute atomic E-state index is 14.9. The van der Waals surface area contributed by atoms with Crippen LogP contribution in [0.2, 0.25) is 0 Å². The van der Waals surface area contributed by atoms with E-state index < -0.39 is 60.4 Å². The van der Waals surface area contributed by atoms with Crippen LogP contribution in [0.1, 0.15) is 24.3 Å². The van der Waals surface area contributed by atoms with Gasteiger partial charge in [-0.25, -0.2) is 18.0 Å². The zero-order valence-electron chi connectivity index (χ0n) is 20.3. The lowest BCUT2D eigenvalue weighted by molar-refractivity contribution is -0.215. The van der Waals surface area contributed by atoms with Crippen molar-refractivity contribution in [3.63, 3.8) is 0 Å². The Morgan fingerprint density at radius 3 is 2.29 bits per heavy atom. The molecule has 0 radical (unpaired) electrons. The second-order valence-electron chi connectivity index (χ2n) is 8.70. The van der Waals surface area contributed by atoms with Crippen LogP contribution in [0.15, 0.2) is 71.7 Å². The van der Waals surface area contributed by atoms with Crippen molar-refractivity contribution in [2.24, 2.45) is 0 Å². The number of nitrogen functional groups attached to an aromatic ring is 1. The summed E-state index contributed by atoms with van der Waals surface area (Å²) in [5.74, 6) is -2.63. The monoisotopic (exact) mass is 533 g/mol. The Balaban J connectivity index is 1.74. The van der Waals surface area contributed by atoms with Crippen molar-refractivity contribution in [2.75, 3.05) is 12.3 Å². The van der Waals surface area contributed by atoms with E-state index in [2.05, 4.69) is 4.98 Å². The summed E-state index contributed by atoms with van der Waals surface area (Å²) in [5.41, 5.74) is 3.13. The number of halogens is 3. The fourth-order valence-corrected chi connectivity index (χ4v) is 4.21. The third-order valence-corrected chi connectivity index (χ3v) is 5.99. The fraction of sp³-hybridized carbons (Fsp3) is 0.346. The van der Waals surface area contributed by atoms with Crippen LogP contribution in [0.5, 0.6) is 0 Å². The first-order valence-corrected chi connectivity index (χ1v) is 11.7. The van der Waals surface area contributed by atoms with E-state index in [-0.39, 0.29) is 13.2 Å². The van der Waals surface area contributed by atoms with Crippen LogP contribution >= 0.6 is 0 Å². The molecule has 1 saturated heterocycles. The van der Waals surface area contributed by atoms with E-state index in [1.165, 1.54) is 0 Å². The highest BCUT2D eigenvalue weighted by Gasteiger charge is 2.64. The summed E-state index contributed by atoms with van der Waals surface area (Å²) in [7, 11) is 0. The minimum Gasteiger partial charge on any atom is -0.455 e. The Bertz CT molecular complexity index is 1290. The quantitative estimate of drug-likeness (QED) is 0.395. The van der Waals surface area contributed by atoms with Gasteiger partial charge < -0.3 is 24.7 Å². The van der Waals surface area contributed by atoms with E-state index in [0.717, 1.165) is 6.92 Å². The first-order chi connectivity index (χ1) is 18.2. The number of ether oxygens (including phenoxy) is 4. The highest BCUT2D eigenvalue weighted by molar-refractivity contribution is 5.66. The number of nitrogens with zero attached hydrogens (tertiary/aromatic N) is 2. The second kappa shape index (κ2) is 11.8. The molecule has 0 spiro atoms. The normalized spacial score (nSPS) is 23.0. The highest BCUT2D eigenvalue weighted by atomic mass is 19.3. The average Bonchev–Trinajstić information content (AvgIpc) is 3.19. The third-order valence-electron chi connectivity index (χ3n) is 5.99. The van der Waals surface area contributed by atoms with Crippen molar-refractivity contribution < 1.29 is 36.9 Å². The van der Waals surface area contributed by atoms with Crippen LogP contribution < -0.4 is 11.4 Å². The summed E-state index contributed by atoms with van der Waals surface area (Å²) in [6.07, 6.45) is -7.51. The van der Waals surface area contributed by atoms with Crippen molar-refractivity contribution in [2.45, 2.75) is 50.6 Å². The molecular weight excluding hydrogens is 507 g/mol. The summed E-state index contributed by atoms with van der Waals surface area (Å²) in [4.78, 5) is 28.0. The summed E-state index contributed by atoms with van der Waals surface area (Å²) in [6.45, 7) is 0.165. The van der Waals surface area contributed by atoms with Gasteiger partial charge in [0.2, 0.25) is 0 Å². The highest BCUT2D eigenvalue weighted by Crippen LogP contribution is 2.44. The van der Waals surface area contributed by atoms with Gasteiger partial charge >= 0.3 is 11.7 Å². The largest absolute Gasteiger partial charge is 0.455 e. The Labute approximate surface area is 215 Å². The molecule has 4 atom stereocenters. The molecule has 202 valence electrons. The van der Waals surface area contributed by atoms with Crippen LogP contribution in [0, 0.1) is 5.82 Å². The number of alkyl halides is 2. The molecular formula is C26H26F3N3O6. The van der Waals surface area contributed by atoms with Gasteiger partial charge in [-0.15, -0.1) is 0 Å². The molecule has 3 aromatic rings. The minimum atomic E-state index is -3.23. The molecule has 38 heavy (non-hydrogen) atoms. The molecule has 1 fully saturated rings. The van der Waals surface area contributed by atoms with Crippen LogP contribution in [-0.2, 0) is 37.0 Å². The Morgan fingerprint density at radius 1 is 1.11 bits per heavy atom. The molecule has 9 nitrogen and oxygen atoms in total. The maximum Gasteiger partial charge on any atom is 0.351 e. The summed E-state index contributed by atoms with van der Waals surface area (Å²) < 4.78 is 67.4. The van der Waals surface area contributed by atoms with Gasteiger partial charge in [0, 0.05) is 6.92 Å². The molecule has 2 aromatic carbocycles. The maximum atomic E-state index is 14.9. The lowest BCUT2D eigenvalue weighted by Crippen LogP contribution is -2.54. The van der Waals surface area contributed by atoms with Gasteiger partial charge in [-0.2, -0.15) is 4.98 Å². The minimum absolute atomic E-state index is 0.0367. The molecule has 12 heteroatoms. The topological polar surface area (TPSA) is 115 Å². The van der Waals surface area contributed by atoms with Gasteiger partial charge in [-0.05, 0) is 11.1 Å². The number of benzene rings is 2. The summed E-state index contributed by atoms with van der Waals surface area (Å²) in [6, 6.07) is 17.5. The predicted octanol–water partition coefficient (Wildman–Crippen LogP) is 3.23. The number of nitrogens with two attached hydrogens (primary N) is 1. The molecule has 2 heterocycles. The van der Waals surface area contributed by atoms with Gasteiger partial charge in [0.1, 0.15) is 6.10 Å². The molecule has 0 aliphatic carbocycles. The molecule has 0 saturated carbocycles. The van der Waals surface area contributed by atoms with E-state index in [0.29, 0.717) is 21.9 Å².